The van der Waals surface area contributed by atoms with Crippen molar-refractivity contribution < 1.29 is 5.11 Å². The molecule has 2 bridgehead atoms. The number of fused-ring (bicyclic) bond motifs is 2. The first-order valence-corrected chi connectivity index (χ1v) is 6.04. The van der Waals surface area contributed by atoms with E-state index < -0.39 is 3.61 Å². The van der Waals surface area contributed by atoms with Gasteiger partial charge in [0.25, 0.3) is 0 Å². The summed E-state index contributed by atoms with van der Waals surface area (Å²) in [7, 11) is 0. The van der Waals surface area contributed by atoms with E-state index in [4.69, 9.17) is 0 Å². The molecular formula is C10H17IO. The van der Waals surface area contributed by atoms with Crippen molar-refractivity contribution in [3.05, 3.63) is 0 Å². The molecule has 2 fully saturated rings. The molecule has 0 aliphatic heterocycles. The van der Waals surface area contributed by atoms with Gasteiger partial charge in [0, 0.05) is 0 Å². The van der Waals surface area contributed by atoms with Crippen molar-refractivity contribution in [3.8, 4) is 0 Å². The van der Waals surface area contributed by atoms with E-state index in [0.29, 0.717) is 0 Å². The van der Waals surface area contributed by atoms with Crippen LogP contribution >= 0.6 is 22.6 Å². The van der Waals surface area contributed by atoms with E-state index in [1.54, 1.807) is 0 Å². The van der Waals surface area contributed by atoms with Crippen molar-refractivity contribution >= 4 is 22.6 Å². The van der Waals surface area contributed by atoms with Crippen molar-refractivity contribution in [1.82, 2.24) is 0 Å². The number of rotatable bonds is 2. The molecule has 2 heteroatoms. The van der Waals surface area contributed by atoms with Gasteiger partial charge in [-0.25, -0.2) is 0 Å². The van der Waals surface area contributed by atoms with Gasteiger partial charge in [-0.15, -0.1) is 0 Å². The Balaban J connectivity index is 1.91. The first-order chi connectivity index (χ1) is 5.54. The first-order valence-electron chi connectivity index (χ1n) is 4.96. The number of alkyl halides is 1. The minimum absolute atomic E-state index is 0.465. The second-order valence-corrected chi connectivity index (χ2v) is 7.11. The van der Waals surface area contributed by atoms with E-state index in [-0.39, 0.29) is 0 Å². The molecule has 2 aliphatic rings. The summed E-state index contributed by atoms with van der Waals surface area (Å²) < 4.78 is -0.465. The summed E-state index contributed by atoms with van der Waals surface area (Å²) in [4.78, 5) is 0. The Hall–Kier alpha value is 0.690. The Kier molecular flexibility index (Phi) is 2.41. The van der Waals surface area contributed by atoms with Crippen molar-refractivity contribution in [2.24, 2.45) is 17.8 Å². The molecule has 4 atom stereocenters. The van der Waals surface area contributed by atoms with Gasteiger partial charge in [-0.1, -0.05) is 6.42 Å². The molecule has 2 rings (SSSR count). The molecule has 0 radical (unpaired) electrons. The average Bonchev–Trinajstić information content (AvgIpc) is 2.42. The second kappa shape index (κ2) is 3.12. The lowest BCUT2D eigenvalue weighted by Crippen LogP contribution is -2.22. The predicted molar refractivity (Wildman–Crippen MR) is 58.2 cm³/mol. The largest absolute Gasteiger partial charge is 0.380 e. The lowest BCUT2D eigenvalue weighted by atomic mass is 9.85. The lowest BCUT2D eigenvalue weighted by molar-refractivity contribution is 0.125. The third-order valence-corrected chi connectivity index (χ3v) is 3.96. The maximum Gasteiger partial charge on any atom is 0.113 e. The van der Waals surface area contributed by atoms with Gasteiger partial charge in [0.05, 0.1) is 0 Å². The smallest absolute Gasteiger partial charge is 0.113 e. The van der Waals surface area contributed by atoms with Crippen LogP contribution in [-0.4, -0.2) is 8.71 Å². The maximum atomic E-state index is 9.69. The van der Waals surface area contributed by atoms with Crippen LogP contribution in [0.25, 0.3) is 0 Å². The zero-order valence-corrected chi connectivity index (χ0v) is 9.75. The fraction of sp³-hybridized carbons (Fsp3) is 1.00. The van der Waals surface area contributed by atoms with Crippen molar-refractivity contribution in [3.63, 3.8) is 0 Å². The Bertz CT molecular complexity index is 173. The van der Waals surface area contributed by atoms with Crippen molar-refractivity contribution in [2.45, 2.75) is 42.6 Å². The molecule has 0 saturated heterocycles. The Morgan fingerprint density at radius 1 is 1.42 bits per heavy atom. The third kappa shape index (κ3) is 1.95. The minimum atomic E-state index is -0.465. The molecule has 4 unspecified atom stereocenters. The third-order valence-electron chi connectivity index (χ3n) is 3.52. The number of aliphatic hydroxyl groups is 1. The fourth-order valence-electron chi connectivity index (χ4n) is 3.11. The highest BCUT2D eigenvalue weighted by Gasteiger charge is 2.41. The van der Waals surface area contributed by atoms with E-state index in [1.807, 2.05) is 6.92 Å². The molecule has 0 heterocycles. The van der Waals surface area contributed by atoms with Crippen LogP contribution in [0.1, 0.15) is 39.0 Å². The fourth-order valence-corrected chi connectivity index (χ4v) is 3.67. The summed E-state index contributed by atoms with van der Waals surface area (Å²) in [6, 6.07) is 0. The van der Waals surface area contributed by atoms with E-state index in [0.717, 1.165) is 24.2 Å². The molecule has 0 spiro atoms. The molecule has 2 aliphatic carbocycles. The molecule has 12 heavy (non-hydrogen) atoms. The summed E-state index contributed by atoms with van der Waals surface area (Å²) >= 11 is 2.16. The molecule has 0 aromatic heterocycles. The van der Waals surface area contributed by atoms with Crippen LogP contribution in [-0.2, 0) is 0 Å². The van der Waals surface area contributed by atoms with Gasteiger partial charge in [0.1, 0.15) is 3.61 Å². The van der Waals surface area contributed by atoms with Crippen LogP contribution in [0.2, 0.25) is 0 Å². The summed E-state index contributed by atoms with van der Waals surface area (Å²) in [5, 5.41) is 9.69. The molecule has 0 aromatic carbocycles. The molecular weight excluding hydrogens is 263 g/mol. The normalized spacial score (nSPS) is 44.8. The summed E-state index contributed by atoms with van der Waals surface area (Å²) in [5.74, 6) is 2.80. The highest BCUT2D eigenvalue weighted by Crippen LogP contribution is 2.51. The quantitative estimate of drug-likeness (QED) is 0.609. The van der Waals surface area contributed by atoms with E-state index in [2.05, 4.69) is 22.6 Å². The Labute approximate surface area is 88.1 Å². The standard InChI is InChI=1S/C10H17IO/c1-10(11,12)6-9-5-7-2-3-8(9)4-7/h7-9,12H,2-6H2,1H3. The molecule has 0 aromatic rings. The highest BCUT2D eigenvalue weighted by atomic mass is 127. The van der Waals surface area contributed by atoms with E-state index >= 15 is 0 Å². The molecule has 1 N–H and O–H groups in total. The Morgan fingerprint density at radius 3 is 2.58 bits per heavy atom. The van der Waals surface area contributed by atoms with Gasteiger partial charge in [0.2, 0.25) is 0 Å². The van der Waals surface area contributed by atoms with Gasteiger partial charge >= 0.3 is 0 Å². The van der Waals surface area contributed by atoms with Crippen LogP contribution in [0.4, 0.5) is 0 Å². The molecule has 2 saturated carbocycles. The lowest BCUT2D eigenvalue weighted by Gasteiger charge is -2.26. The zero-order valence-electron chi connectivity index (χ0n) is 7.59. The van der Waals surface area contributed by atoms with E-state index in [1.165, 1.54) is 25.7 Å². The average molecular weight is 280 g/mol. The van der Waals surface area contributed by atoms with Crippen LogP contribution in [0.3, 0.4) is 0 Å². The molecule has 0 amide bonds. The highest BCUT2D eigenvalue weighted by molar-refractivity contribution is 14.1. The topological polar surface area (TPSA) is 20.2 Å². The van der Waals surface area contributed by atoms with Gasteiger partial charge in [-0.05, 0) is 73.0 Å². The summed E-state index contributed by atoms with van der Waals surface area (Å²) in [6.45, 7) is 1.93. The van der Waals surface area contributed by atoms with E-state index in [9.17, 15) is 5.11 Å². The zero-order chi connectivity index (χ0) is 8.77. The van der Waals surface area contributed by atoms with Crippen molar-refractivity contribution in [2.75, 3.05) is 0 Å². The molecule has 70 valence electrons. The number of hydrogen-bond donors (Lipinski definition) is 1. The van der Waals surface area contributed by atoms with Gasteiger partial charge in [0.15, 0.2) is 0 Å². The Morgan fingerprint density at radius 2 is 2.17 bits per heavy atom. The monoisotopic (exact) mass is 280 g/mol. The predicted octanol–water partition coefficient (Wildman–Crippen LogP) is 2.96. The van der Waals surface area contributed by atoms with Crippen LogP contribution in [0, 0.1) is 17.8 Å². The van der Waals surface area contributed by atoms with Crippen molar-refractivity contribution in [1.29, 1.82) is 0 Å². The number of hydrogen-bond acceptors (Lipinski definition) is 1. The number of halogens is 1. The molecule has 1 nitrogen and oxygen atoms in total. The first kappa shape index (κ1) is 9.25. The maximum absolute atomic E-state index is 9.69. The minimum Gasteiger partial charge on any atom is -0.380 e. The van der Waals surface area contributed by atoms with Crippen LogP contribution in [0.15, 0.2) is 0 Å². The van der Waals surface area contributed by atoms with Gasteiger partial charge < -0.3 is 5.11 Å². The van der Waals surface area contributed by atoms with Crippen LogP contribution < -0.4 is 0 Å². The summed E-state index contributed by atoms with van der Waals surface area (Å²) in [6.07, 6.45) is 6.75. The second-order valence-electron chi connectivity index (χ2n) is 4.78. The van der Waals surface area contributed by atoms with Gasteiger partial charge in [-0.2, -0.15) is 0 Å². The van der Waals surface area contributed by atoms with Gasteiger partial charge in [-0.3, -0.25) is 0 Å². The van der Waals surface area contributed by atoms with Crippen LogP contribution in [0.5, 0.6) is 0 Å². The summed E-state index contributed by atoms with van der Waals surface area (Å²) in [5.41, 5.74) is 0. The SMILES string of the molecule is CC(O)(I)CC1CC2CCC1C2.